The molecule has 28 heavy (non-hydrogen) atoms. The van der Waals surface area contributed by atoms with Crippen molar-refractivity contribution in [2.75, 3.05) is 20.8 Å². The third-order valence-electron chi connectivity index (χ3n) is 4.74. The molecule has 0 amide bonds. The van der Waals surface area contributed by atoms with Gasteiger partial charge in [-0.25, -0.2) is 0 Å². The highest BCUT2D eigenvalue weighted by Gasteiger charge is 2.09. The van der Waals surface area contributed by atoms with Crippen molar-refractivity contribution in [2.45, 2.75) is 39.5 Å². The van der Waals surface area contributed by atoms with Crippen molar-refractivity contribution in [3.05, 3.63) is 48.0 Å². The van der Waals surface area contributed by atoms with Gasteiger partial charge in [-0.3, -0.25) is 0 Å². The summed E-state index contributed by atoms with van der Waals surface area (Å²) < 4.78 is 16.6. The van der Waals surface area contributed by atoms with Gasteiger partial charge < -0.3 is 19.3 Å². The number of unbranched alkanes of at least 4 members (excludes halogenated alkanes) is 1. The lowest BCUT2D eigenvalue weighted by Crippen LogP contribution is -2.19. The van der Waals surface area contributed by atoms with E-state index in [-0.39, 0.29) is 5.48 Å². The second-order valence-electron chi connectivity index (χ2n) is 6.68. The minimum atomic E-state index is -0.0615. The van der Waals surface area contributed by atoms with Crippen LogP contribution in [-0.4, -0.2) is 26.3 Å². The Balaban J connectivity index is 2.09. The summed E-state index contributed by atoms with van der Waals surface area (Å²) >= 11 is 0. The van der Waals surface area contributed by atoms with Gasteiger partial charge >= 0.3 is 0 Å². The number of rotatable bonds is 11. The van der Waals surface area contributed by atoms with Gasteiger partial charge in [0.1, 0.15) is 17.2 Å². The lowest BCUT2D eigenvalue weighted by atomic mass is 10.0. The van der Waals surface area contributed by atoms with Crippen molar-refractivity contribution in [3.8, 4) is 17.2 Å². The minimum Gasteiger partial charge on any atom is -0.823 e. The Hall–Kier alpha value is -2.03. The predicted octanol–water partition coefficient (Wildman–Crippen LogP) is 4.41. The molecule has 0 aromatic heterocycles. The van der Waals surface area contributed by atoms with Crippen molar-refractivity contribution in [1.29, 1.82) is 0 Å². The Morgan fingerprint density at radius 1 is 1.00 bits per heavy atom. The van der Waals surface area contributed by atoms with E-state index in [1.54, 1.807) is 26.4 Å². The summed E-state index contributed by atoms with van der Waals surface area (Å²) in [6.07, 6.45) is 4.80. The maximum absolute atomic E-state index is 12.8. The second kappa shape index (κ2) is 11.7. The molecule has 0 N–H and O–H groups in total. The fourth-order valence-electron chi connectivity index (χ4n) is 2.96. The molecule has 0 aliphatic carbocycles. The van der Waals surface area contributed by atoms with Gasteiger partial charge in [-0.15, -0.1) is 0 Å². The lowest BCUT2D eigenvalue weighted by Gasteiger charge is -2.19. The lowest BCUT2D eigenvalue weighted by molar-refractivity contribution is -0.207. The van der Waals surface area contributed by atoms with E-state index >= 15 is 0 Å². The van der Waals surface area contributed by atoms with E-state index in [0.29, 0.717) is 31.2 Å². The van der Waals surface area contributed by atoms with Crippen LogP contribution in [0.5, 0.6) is 17.2 Å². The van der Waals surface area contributed by atoms with Gasteiger partial charge in [-0.2, -0.15) is 0 Å². The summed E-state index contributed by atoms with van der Waals surface area (Å²) in [5.41, 5.74) is 0.407. The van der Waals surface area contributed by atoms with Crippen LogP contribution in [0.15, 0.2) is 42.5 Å². The molecular weight excluding hydrogens is 371 g/mol. The number of methoxy groups -OCH3 is 2. The molecule has 2 rings (SSSR count). The Morgan fingerprint density at radius 2 is 1.64 bits per heavy atom. The van der Waals surface area contributed by atoms with Crippen LogP contribution in [0.3, 0.4) is 0 Å². The molecule has 5 heteroatoms. The third kappa shape index (κ3) is 6.25. The number of benzene rings is 2. The van der Waals surface area contributed by atoms with E-state index in [1.807, 2.05) is 30.3 Å². The number of ether oxygens (including phenoxy) is 3. The molecule has 1 atom stereocenters. The highest BCUT2D eigenvalue weighted by Crippen LogP contribution is 2.29. The molecule has 0 bridgehead atoms. The first kappa shape index (κ1) is 22.3. The average Bonchev–Trinajstić information content (AvgIpc) is 2.74. The predicted molar refractivity (Wildman–Crippen MR) is 115 cm³/mol. The molecule has 0 saturated heterocycles. The fourth-order valence-corrected chi connectivity index (χ4v) is 3.83. The molecule has 0 aliphatic rings. The summed E-state index contributed by atoms with van der Waals surface area (Å²) in [6.45, 7) is 5.17. The molecule has 1 unspecified atom stereocenters. The highest BCUT2D eigenvalue weighted by molar-refractivity contribution is 7.49. The van der Waals surface area contributed by atoms with E-state index in [1.165, 1.54) is 19.3 Å². The van der Waals surface area contributed by atoms with E-state index in [4.69, 9.17) is 14.2 Å². The molecule has 2 aromatic carbocycles. The van der Waals surface area contributed by atoms with Gasteiger partial charge in [0.15, 0.2) is 0 Å². The van der Waals surface area contributed by atoms with E-state index in [2.05, 4.69) is 13.8 Å². The smallest absolute Gasteiger partial charge is 0.129 e. The van der Waals surface area contributed by atoms with Crippen LogP contribution in [0.25, 0.3) is 0 Å². The maximum atomic E-state index is 12.8. The van der Waals surface area contributed by atoms with Gasteiger partial charge in [0, 0.05) is 10.9 Å². The van der Waals surface area contributed by atoms with Crippen molar-refractivity contribution >= 4 is 19.0 Å². The summed E-state index contributed by atoms with van der Waals surface area (Å²) in [6, 6.07) is 13.1. The average molecular weight is 401 g/mol. The van der Waals surface area contributed by atoms with Gasteiger partial charge in [-0.1, -0.05) is 52.9 Å². The van der Waals surface area contributed by atoms with Crippen LogP contribution >= 0.6 is 8.20 Å². The first-order chi connectivity index (χ1) is 13.6. The van der Waals surface area contributed by atoms with E-state index in [0.717, 1.165) is 24.1 Å². The summed E-state index contributed by atoms with van der Waals surface area (Å²) in [4.78, 5) is 0. The first-order valence-electron chi connectivity index (χ1n) is 9.82. The second-order valence-corrected chi connectivity index (χ2v) is 7.82. The summed E-state index contributed by atoms with van der Waals surface area (Å²) in [5, 5.41) is 13.7. The molecule has 0 spiro atoms. The number of hydrogen-bond acceptors (Lipinski definition) is 4. The third-order valence-corrected chi connectivity index (χ3v) is 5.72. The van der Waals surface area contributed by atoms with Crippen LogP contribution in [-0.2, 0) is 0 Å². The quantitative estimate of drug-likeness (QED) is 0.524. The zero-order chi connectivity index (χ0) is 20.4. The Labute approximate surface area is 170 Å². The Morgan fingerprint density at radius 3 is 2.18 bits per heavy atom. The molecule has 4 nitrogen and oxygen atoms in total. The van der Waals surface area contributed by atoms with Crippen LogP contribution in [0.2, 0.25) is 0 Å². The topological polar surface area (TPSA) is 50.8 Å². The highest BCUT2D eigenvalue weighted by atomic mass is 31.1. The van der Waals surface area contributed by atoms with Crippen molar-refractivity contribution < 1.29 is 19.3 Å². The maximum Gasteiger partial charge on any atom is 0.129 e. The zero-order valence-corrected chi connectivity index (χ0v) is 18.1. The monoisotopic (exact) mass is 401 g/mol. The van der Waals surface area contributed by atoms with Crippen LogP contribution < -0.4 is 24.6 Å². The van der Waals surface area contributed by atoms with Crippen molar-refractivity contribution in [1.82, 2.24) is 0 Å². The molecule has 0 radical (unpaired) electrons. The molecule has 0 saturated carbocycles. The minimum absolute atomic E-state index is 0.0615. The van der Waals surface area contributed by atoms with E-state index in [9.17, 15) is 5.11 Å². The molecule has 2 aromatic rings. The number of hydrogen-bond donors (Lipinski definition) is 0. The molecule has 0 aliphatic heterocycles. The molecule has 152 valence electrons. The standard InChI is InChI=1S/C23H31O4P/c1-5-7-9-17(6-2)16-27-18-12-14-19(15-13-18)28-23(24)22-20(25-3)10-8-11-21(22)26-4/h8,10-15,17,24H,5-7,9,16H2,1-4H3/p-1. The Kier molecular flexibility index (Phi) is 9.33. The van der Waals surface area contributed by atoms with Gasteiger partial charge in [-0.05, 0) is 48.7 Å². The van der Waals surface area contributed by atoms with Crippen LogP contribution in [0.1, 0.15) is 45.1 Å². The van der Waals surface area contributed by atoms with Crippen LogP contribution in [0, 0.1) is 5.92 Å². The Bertz CT molecular complexity index is 733. The molecule has 0 fully saturated rings. The largest absolute Gasteiger partial charge is 0.823 e. The van der Waals surface area contributed by atoms with Crippen molar-refractivity contribution in [3.63, 3.8) is 0 Å². The normalized spacial score (nSPS) is 12.5. The van der Waals surface area contributed by atoms with Gasteiger partial charge in [0.2, 0.25) is 0 Å². The molecular formula is C23H30O4P-. The zero-order valence-electron chi connectivity index (χ0n) is 17.2. The van der Waals surface area contributed by atoms with Crippen LogP contribution in [0.4, 0.5) is 0 Å². The van der Waals surface area contributed by atoms with Gasteiger partial charge in [0.25, 0.3) is 0 Å². The van der Waals surface area contributed by atoms with Gasteiger partial charge in [0.05, 0.1) is 20.8 Å². The summed E-state index contributed by atoms with van der Waals surface area (Å²) in [7, 11) is 3.68. The summed E-state index contributed by atoms with van der Waals surface area (Å²) in [5.74, 6) is 2.48. The first-order valence-corrected chi connectivity index (χ1v) is 10.7. The van der Waals surface area contributed by atoms with E-state index < -0.39 is 0 Å². The van der Waals surface area contributed by atoms with Crippen molar-refractivity contribution in [2.24, 2.45) is 5.92 Å². The SMILES string of the molecule is CCCCC(CC)COc1ccc(P=C([O-])c2c(OC)cccc2OC)cc1. The fraction of sp³-hybridized carbons (Fsp3) is 0.435. The molecule has 0 heterocycles.